The fourth-order valence-electron chi connectivity index (χ4n) is 14.4. The molecule has 18 aromatic carbocycles. The summed E-state index contributed by atoms with van der Waals surface area (Å²) >= 11 is 0. The molecule has 466 valence electrons. The Bertz CT molecular complexity index is 5780. The predicted molar refractivity (Wildman–Crippen MR) is 425 cm³/mol. The van der Waals surface area contributed by atoms with Crippen molar-refractivity contribution in [1.82, 2.24) is 0 Å². The number of fused-ring (bicyclic) bond motifs is 8. The van der Waals surface area contributed by atoms with Crippen molar-refractivity contribution in [3.05, 3.63) is 388 Å². The van der Waals surface area contributed by atoms with Gasteiger partial charge in [0.1, 0.15) is 0 Å². The van der Waals surface area contributed by atoms with E-state index in [1.807, 2.05) is 0 Å². The fraction of sp³-hybridized carbons (Fsp3) is 0. The van der Waals surface area contributed by atoms with Gasteiger partial charge in [-0.15, -0.1) is 0 Å². The molecule has 1 aliphatic rings. The Balaban J connectivity index is 0.000000111. The van der Waals surface area contributed by atoms with Gasteiger partial charge < -0.3 is 16.0 Å². The van der Waals surface area contributed by atoms with E-state index < -0.39 is 0 Å². The van der Waals surface area contributed by atoms with Crippen LogP contribution < -0.4 is 16.0 Å². The van der Waals surface area contributed by atoms with Crippen molar-refractivity contribution in [3.63, 3.8) is 0 Å². The van der Waals surface area contributed by atoms with E-state index in [0.717, 1.165) is 34.1 Å². The molecule has 0 spiro atoms. The lowest BCUT2D eigenvalue weighted by Crippen LogP contribution is -1.92. The molecule has 0 aliphatic heterocycles. The van der Waals surface area contributed by atoms with Gasteiger partial charge in [0.2, 0.25) is 0 Å². The molecule has 0 heterocycles. The molecule has 3 heteroatoms. The van der Waals surface area contributed by atoms with Gasteiger partial charge >= 0.3 is 0 Å². The third kappa shape index (κ3) is 12.4. The van der Waals surface area contributed by atoms with Crippen LogP contribution in [0.15, 0.2) is 388 Å². The Kier molecular flexibility index (Phi) is 16.0. The quantitative estimate of drug-likeness (QED) is 0.121. The summed E-state index contributed by atoms with van der Waals surface area (Å²) in [6.45, 7) is 0. The first-order valence-electron chi connectivity index (χ1n) is 33.9. The second kappa shape index (κ2) is 26.6. The third-order valence-electron chi connectivity index (χ3n) is 19.2. The van der Waals surface area contributed by atoms with E-state index in [2.05, 4.69) is 404 Å². The normalized spacial score (nSPS) is 11.2. The van der Waals surface area contributed by atoms with Gasteiger partial charge in [0.15, 0.2) is 0 Å². The standard InChI is InChI=1S/C32H21N.2C32H23N/c1-2-10-26-21(6-1)7-3-11-27(26)22-14-16-24(17-15-22)33-25-18-19-28-29-12-4-8-23-9-5-13-30(32(23)29)31(28)20-25;1-3-17-29-23(9-1)11-7-19-31(29)25-13-5-15-27(21-25)33-28-16-6-14-26(22-28)32-20-8-12-24-10-2-4-18-30(24)32;1-3-9-25-19-29(17-15-23(25)7-1)27-11-5-13-31(21-27)33-32-14-6-12-28(22-32)30-18-16-24-8-2-4-10-26(24)20-30/h1-20,33H;2*1-22,33H. The molecule has 0 radical (unpaired) electrons. The van der Waals surface area contributed by atoms with Gasteiger partial charge in [0.25, 0.3) is 0 Å². The maximum absolute atomic E-state index is 3.62. The van der Waals surface area contributed by atoms with Gasteiger partial charge in [0.05, 0.1) is 0 Å². The van der Waals surface area contributed by atoms with E-state index in [1.54, 1.807) is 0 Å². The van der Waals surface area contributed by atoms with Crippen LogP contribution in [0.5, 0.6) is 0 Å². The Morgan fingerprint density at radius 3 is 0.899 bits per heavy atom. The molecule has 1 aliphatic carbocycles. The van der Waals surface area contributed by atoms with E-state index in [0.29, 0.717) is 0 Å². The van der Waals surface area contributed by atoms with Crippen LogP contribution in [0, 0.1) is 0 Å². The summed E-state index contributed by atoms with van der Waals surface area (Å²) in [4.78, 5) is 0. The molecule has 0 unspecified atom stereocenters. The number of hydrogen-bond acceptors (Lipinski definition) is 3. The minimum absolute atomic E-state index is 1.08. The zero-order valence-electron chi connectivity index (χ0n) is 54.5. The number of benzene rings is 18. The molecule has 0 fully saturated rings. The SMILES string of the molecule is c1cc(Nc2cccc(-c3ccc4ccccc4c3)c2)cc(-c2ccc3ccccc3c2)c1.c1cc(Nc2cccc(-c3cccc4ccccc34)c2)cc(-c2cccc3ccccc23)c1.c1ccc2c(-c3ccc(Nc4ccc5c(c4)-c4cccc6cccc-5c46)cc3)cccc2c1. The third-order valence-corrected chi connectivity index (χ3v) is 19.2. The molecule has 0 amide bonds. The van der Waals surface area contributed by atoms with Gasteiger partial charge in [-0.05, 0) is 227 Å². The van der Waals surface area contributed by atoms with E-state index >= 15 is 0 Å². The average Bonchev–Trinajstić information content (AvgIpc) is 1.59. The molecular formula is C96H67N3. The largest absolute Gasteiger partial charge is 0.356 e. The number of nitrogens with one attached hydrogen (secondary N) is 3. The molecule has 99 heavy (non-hydrogen) atoms. The number of rotatable bonds is 11. The van der Waals surface area contributed by atoms with E-state index in [-0.39, 0.29) is 0 Å². The summed E-state index contributed by atoms with van der Waals surface area (Å²) in [6.07, 6.45) is 0. The highest BCUT2D eigenvalue weighted by Gasteiger charge is 2.21. The monoisotopic (exact) mass is 1260 g/mol. The Morgan fingerprint density at radius 1 is 0.131 bits per heavy atom. The predicted octanol–water partition coefficient (Wildman–Crippen LogP) is 27.2. The van der Waals surface area contributed by atoms with E-state index in [1.165, 1.54) is 143 Å². The van der Waals surface area contributed by atoms with Crippen LogP contribution >= 0.6 is 0 Å². The molecule has 0 bridgehead atoms. The molecule has 0 saturated carbocycles. The molecular weight excluding hydrogens is 1200 g/mol. The summed E-state index contributed by atoms with van der Waals surface area (Å²) in [5.74, 6) is 0. The Labute approximate surface area is 577 Å². The van der Waals surface area contributed by atoms with Gasteiger partial charge in [-0.25, -0.2) is 0 Å². The lowest BCUT2D eigenvalue weighted by atomic mass is 9.97. The van der Waals surface area contributed by atoms with E-state index in [9.17, 15) is 0 Å². The van der Waals surface area contributed by atoms with Crippen LogP contribution in [0.2, 0.25) is 0 Å². The van der Waals surface area contributed by atoms with Crippen LogP contribution in [0.1, 0.15) is 0 Å². The zero-order chi connectivity index (χ0) is 65.9. The summed E-state index contributed by atoms with van der Waals surface area (Å²) in [5, 5.41) is 26.2. The van der Waals surface area contributed by atoms with Crippen molar-refractivity contribution in [2.24, 2.45) is 0 Å². The highest BCUT2D eigenvalue weighted by molar-refractivity contribution is 6.16. The van der Waals surface area contributed by atoms with E-state index in [4.69, 9.17) is 0 Å². The van der Waals surface area contributed by atoms with Gasteiger partial charge in [-0.2, -0.15) is 0 Å². The zero-order valence-corrected chi connectivity index (χ0v) is 54.5. The van der Waals surface area contributed by atoms with Crippen LogP contribution in [0.25, 0.3) is 143 Å². The maximum Gasteiger partial charge on any atom is 0.0390 e. The number of hydrogen-bond donors (Lipinski definition) is 3. The molecule has 19 rings (SSSR count). The van der Waals surface area contributed by atoms with Crippen molar-refractivity contribution >= 4 is 98.8 Å². The minimum Gasteiger partial charge on any atom is -0.356 e. The molecule has 3 N–H and O–H groups in total. The lowest BCUT2D eigenvalue weighted by Gasteiger charge is -2.12. The average molecular weight is 1260 g/mol. The molecule has 0 atom stereocenters. The van der Waals surface area contributed by atoms with Crippen LogP contribution in [-0.4, -0.2) is 0 Å². The first-order valence-corrected chi connectivity index (χ1v) is 33.9. The highest BCUT2D eigenvalue weighted by atomic mass is 14.9. The molecule has 3 nitrogen and oxygen atoms in total. The summed E-state index contributed by atoms with van der Waals surface area (Å²) < 4.78 is 0. The topological polar surface area (TPSA) is 36.1 Å². The first kappa shape index (κ1) is 59.6. The summed E-state index contributed by atoms with van der Waals surface area (Å²) in [6, 6.07) is 139. The lowest BCUT2D eigenvalue weighted by molar-refractivity contribution is 1.54. The minimum atomic E-state index is 1.08. The van der Waals surface area contributed by atoms with Gasteiger partial charge in [-0.3, -0.25) is 0 Å². The molecule has 0 aromatic heterocycles. The first-order chi connectivity index (χ1) is 49.0. The smallest absolute Gasteiger partial charge is 0.0390 e. The van der Waals surface area contributed by atoms with Crippen LogP contribution in [0.3, 0.4) is 0 Å². The van der Waals surface area contributed by atoms with Crippen molar-refractivity contribution in [3.8, 4) is 77.9 Å². The van der Waals surface area contributed by atoms with Gasteiger partial charge in [0, 0.05) is 34.1 Å². The van der Waals surface area contributed by atoms with Crippen molar-refractivity contribution in [1.29, 1.82) is 0 Å². The summed E-state index contributed by atoms with van der Waals surface area (Å²) in [5.41, 5.74) is 24.1. The second-order valence-electron chi connectivity index (χ2n) is 25.4. The molecule has 18 aromatic rings. The number of anilines is 6. The van der Waals surface area contributed by atoms with Gasteiger partial charge in [-0.1, -0.05) is 303 Å². The van der Waals surface area contributed by atoms with Crippen molar-refractivity contribution < 1.29 is 0 Å². The fourth-order valence-corrected chi connectivity index (χ4v) is 14.4. The highest BCUT2D eigenvalue weighted by Crippen LogP contribution is 2.48. The second-order valence-corrected chi connectivity index (χ2v) is 25.4. The Hall–Kier alpha value is -13.1. The van der Waals surface area contributed by atoms with Crippen LogP contribution in [-0.2, 0) is 0 Å². The maximum atomic E-state index is 3.62. The Morgan fingerprint density at radius 2 is 0.434 bits per heavy atom. The van der Waals surface area contributed by atoms with Crippen molar-refractivity contribution in [2.75, 3.05) is 16.0 Å². The van der Waals surface area contributed by atoms with Crippen molar-refractivity contribution in [2.45, 2.75) is 0 Å². The summed E-state index contributed by atoms with van der Waals surface area (Å²) in [7, 11) is 0. The molecule has 0 saturated heterocycles. The van der Waals surface area contributed by atoms with Crippen LogP contribution in [0.4, 0.5) is 34.1 Å².